The SMILES string of the molecule is CNC1CCC(CNCC(C)(C)C(C)C)CC1. The summed E-state index contributed by atoms with van der Waals surface area (Å²) in [6.07, 6.45) is 5.49. The van der Waals surface area contributed by atoms with Gasteiger partial charge in [0.1, 0.15) is 0 Å². The van der Waals surface area contributed by atoms with Gasteiger partial charge in [-0.05, 0) is 56.5 Å². The van der Waals surface area contributed by atoms with Crippen LogP contribution in [0.4, 0.5) is 0 Å². The van der Waals surface area contributed by atoms with Crippen LogP contribution in [-0.2, 0) is 0 Å². The molecule has 1 aliphatic carbocycles. The van der Waals surface area contributed by atoms with Crippen molar-refractivity contribution in [3.05, 3.63) is 0 Å². The molecule has 1 saturated carbocycles. The molecule has 0 heterocycles. The summed E-state index contributed by atoms with van der Waals surface area (Å²) in [7, 11) is 2.09. The fraction of sp³-hybridized carbons (Fsp3) is 1.00. The summed E-state index contributed by atoms with van der Waals surface area (Å²) in [5.74, 6) is 1.65. The maximum absolute atomic E-state index is 3.69. The highest BCUT2D eigenvalue weighted by atomic mass is 14.9. The summed E-state index contributed by atoms with van der Waals surface area (Å²) in [5.41, 5.74) is 0.419. The maximum atomic E-state index is 3.69. The average molecular weight is 240 g/mol. The van der Waals surface area contributed by atoms with Gasteiger partial charge in [0, 0.05) is 12.6 Å². The zero-order valence-electron chi connectivity index (χ0n) is 12.5. The molecular formula is C15H32N2. The Morgan fingerprint density at radius 1 is 1.12 bits per heavy atom. The van der Waals surface area contributed by atoms with Crippen molar-refractivity contribution in [2.24, 2.45) is 17.3 Å². The van der Waals surface area contributed by atoms with Crippen LogP contribution in [0.2, 0.25) is 0 Å². The molecule has 1 fully saturated rings. The minimum atomic E-state index is 0.419. The molecule has 0 saturated heterocycles. The molecule has 0 radical (unpaired) electrons. The summed E-state index contributed by atoms with van der Waals surface area (Å²) < 4.78 is 0. The van der Waals surface area contributed by atoms with E-state index in [4.69, 9.17) is 0 Å². The van der Waals surface area contributed by atoms with Crippen molar-refractivity contribution in [3.63, 3.8) is 0 Å². The van der Waals surface area contributed by atoms with Crippen molar-refractivity contribution in [1.82, 2.24) is 10.6 Å². The van der Waals surface area contributed by atoms with Gasteiger partial charge in [0.2, 0.25) is 0 Å². The molecule has 0 bridgehead atoms. The normalized spacial score (nSPS) is 26.5. The molecular weight excluding hydrogens is 208 g/mol. The van der Waals surface area contributed by atoms with Gasteiger partial charge in [0.05, 0.1) is 0 Å². The third-order valence-electron chi connectivity index (χ3n) is 4.83. The standard InChI is InChI=1S/C15H32N2/c1-12(2)15(3,4)11-17-10-13-6-8-14(16-5)9-7-13/h12-14,16-17H,6-11H2,1-5H3. The minimum Gasteiger partial charge on any atom is -0.317 e. The minimum absolute atomic E-state index is 0.419. The predicted octanol–water partition coefficient (Wildman–Crippen LogP) is 3.04. The van der Waals surface area contributed by atoms with Crippen LogP contribution in [0.1, 0.15) is 53.4 Å². The Bertz CT molecular complexity index is 203. The fourth-order valence-electron chi connectivity index (χ4n) is 2.46. The molecule has 0 atom stereocenters. The Morgan fingerprint density at radius 3 is 2.18 bits per heavy atom. The van der Waals surface area contributed by atoms with Crippen LogP contribution in [0, 0.1) is 17.3 Å². The fourth-order valence-corrected chi connectivity index (χ4v) is 2.46. The van der Waals surface area contributed by atoms with E-state index in [-0.39, 0.29) is 0 Å². The first kappa shape index (κ1) is 15.0. The molecule has 102 valence electrons. The van der Waals surface area contributed by atoms with Gasteiger partial charge < -0.3 is 10.6 Å². The largest absolute Gasteiger partial charge is 0.317 e. The monoisotopic (exact) mass is 240 g/mol. The second-order valence-electron chi connectivity index (χ2n) is 6.78. The van der Waals surface area contributed by atoms with Crippen molar-refractivity contribution in [2.75, 3.05) is 20.1 Å². The highest BCUT2D eigenvalue weighted by Gasteiger charge is 2.23. The number of hydrogen-bond acceptors (Lipinski definition) is 2. The Balaban J connectivity index is 2.16. The topological polar surface area (TPSA) is 24.1 Å². The third kappa shape index (κ3) is 4.97. The van der Waals surface area contributed by atoms with Crippen molar-refractivity contribution < 1.29 is 0 Å². The predicted molar refractivity (Wildman–Crippen MR) is 76.3 cm³/mol. The lowest BCUT2D eigenvalue weighted by Gasteiger charge is -2.32. The van der Waals surface area contributed by atoms with Crippen molar-refractivity contribution >= 4 is 0 Å². The Labute approximate surface area is 108 Å². The molecule has 0 spiro atoms. The molecule has 0 aliphatic heterocycles. The van der Waals surface area contributed by atoms with Gasteiger partial charge in [-0.25, -0.2) is 0 Å². The molecule has 0 aromatic heterocycles. The Kier molecular flexibility index (Phi) is 5.94. The first-order valence-electron chi connectivity index (χ1n) is 7.33. The zero-order chi connectivity index (χ0) is 12.9. The van der Waals surface area contributed by atoms with Crippen LogP contribution in [0.5, 0.6) is 0 Å². The number of hydrogen-bond donors (Lipinski definition) is 2. The number of nitrogens with one attached hydrogen (secondary N) is 2. The first-order valence-corrected chi connectivity index (χ1v) is 7.33. The zero-order valence-corrected chi connectivity index (χ0v) is 12.5. The van der Waals surface area contributed by atoms with E-state index in [2.05, 4.69) is 45.4 Å². The van der Waals surface area contributed by atoms with E-state index < -0.39 is 0 Å². The molecule has 2 heteroatoms. The quantitative estimate of drug-likeness (QED) is 0.746. The lowest BCUT2D eigenvalue weighted by atomic mass is 9.80. The molecule has 2 nitrogen and oxygen atoms in total. The lowest BCUT2D eigenvalue weighted by Crippen LogP contribution is -2.38. The lowest BCUT2D eigenvalue weighted by molar-refractivity contribution is 0.222. The van der Waals surface area contributed by atoms with Crippen LogP contribution < -0.4 is 10.6 Å². The van der Waals surface area contributed by atoms with Crippen LogP contribution in [0.25, 0.3) is 0 Å². The van der Waals surface area contributed by atoms with Gasteiger partial charge in [-0.1, -0.05) is 27.7 Å². The Hall–Kier alpha value is -0.0800. The van der Waals surface area contributed by atoms with E-state index in [9.17, 15) is 0 Å². The summed E-state index contributed by atoms with van der Waals surface area (Å²) in [4.78, 5) is 0. The van der Waals surface area contributed by atoms with Crippen molar-refractivity contribution in [2.45, 2.75) is 59.4 Å². The van der Waals surface area contributed by atoms with E-state index in [0.29, 0.717) is 5.41 Å². The van der Waals surface area contributed by atoms with E-state index in [1.165, 1.54) is 32.2 Å². The molecule has 1 rings (SSSR count). The van der Waals surface area contributed by atoms with E-state index in [1.807, 2.05) is 0 Å². The van der Waals surface area contributed by atoms with Crippen LogP contribution in [0.3, 0.4) is 0 Å². The van der Waals surface area contributed by atoms with E-state index in [1.54, 1.807) is 0 Å². The van der Waals surface area contributed by atoms with Gasteiger partial charge in [-0.15, -0.1) is 0 Å². The summed E-state index contributed by atoms with van der Waals surface area (Å²) >= 11 is 0. The van der Waals surface area contributed by atoms with Crippen molar-refractivity contribution in [1.29, 1.82) is 0 Å². The highest BCUT2D eigenvalue weighted by molar-refractivity contribution is 4.79. The van der Waals surface area contributed by atoms with Gasteiger partial charge >= 0.3 is 0 Å². The van der Waals surface area contributed by atoms with Gasteiger partial charge in [0.25, 0.3) is 0 Å². The molecule has 17 heavy (non-hydrogen) atoms. The van der Waals surface area contributed by atoms with Crippen LogP contribution in [-0.4, -0.2) is 26.2 Å². The average Bonchev–Trinajstić information content (AvgIpc) is 2.29. The molecule has 0 amide bonds. The smallest absolute Gasteiger partial charge is 0.00642 e. The highest BCUT2D eigenvalue weighted by Crippen LogP contribution is 2.26. The second-order valence-corrected chi connectivity index (χ2v) is 6.78. The van der Waals surface area contributed by atoms with E-state index >= 15 is 0 Å². The second kappa shape index (κ2) is 6.75. The first-order chi connectivity index (χ1) is 7.95. The molecule has 0 aromatic rings. The number of rotatable bonds is 6. The molecule has 1 aliphatic rings. The molecule has 0 unspecified atom stereocenters. The summed E-state index contributed by atoms with van der Waals surface area (Å²) in [6, 6.07) is 0.776. The van der Waals surface area contributed by atoms with Gasteiger partial charge in [0.15, 0.2) is 0 Å². The van der Waals surface area contributed by atoms with Crippen LogP contribution in [0.15, 0.2) is 0 Å². The maximum Gasteiger partial charge on any atom is 0.00642 e. The van der Waals surface area contributed by atoms with Crippen LogP contribution >= 0.6 is 0 Å². The van der Waals surface area contributed by atoms with Gasteiger partial charge in [-0.3, -0.25) is 0 Å². The van der Waals surface area contributed by atoms with Crippen molar-refractivity contribution in [3.8, 4) is 0 Å². The Morgan fingerprint density at radius 2 is 1.71 bits per heavy atom. The molecule has 2 N–H and O–H groups in total. The van der Waals surface area contributed by atoms with E-state index in [0.717, 1.165) is 24.4 Å². The van der Waals surface area contributed by atoms with Gasteiger partial charge in [-0.2, -0.15) is 0 Å². The molecule has 0 aromatic carbocycles. The summed E-state index contributed by atoms with van der Waals surface area (Å²) in [5, 5.41) is 7.09. The summed E-state index contributed by atoms with van der Waals surface area (Å²) in [6.45, 7) is 11.7. The third-order valence-corrected chi connectivity index (χ3v) is 4.83.